The molecule has 0 bridgehead atoms. The van der Waals surface area contributed by atoms with E-state index in [9.17, 15) is 9.18 Å². The zero-order valence-corrected chi connectivity index (χ0v) is 12.8. The summed E-state index contributed by atoms with van der Waals surface area (Å²) in [6.07, 6.45) is 3.47. The van der Waals surface area contributed by atoms with Crippen molar-refractivity contribution in [1.29, 1.82) is 0 Å². The molecule has 0 atom stereocenters. The molecule has 0 spiro atoms. The van der Waals surface area contributed by atoms with Gasteiger partial charge in [0.25, 0.3) is 5.91 Å². The number of halogens is 1. The number of hydrogen-bond donors (Lipinski definition) is 2. The van der Waals surface area contributed by atoms with Gasteiger partial charge in [-0.25, -0.2) is 9.37 Å². The van der Waals surface area contributed by atoms with Gasteiger partial charge in [0.2, 0.25) is 0 Å². The Kier molecular flexibility index (Phi) is 3.18. The van der Waals surface area contributed by atoms with E-state index in [0.717, 1.165) is 42.0 Å². The quantitative estimate of drug-likeness (QED) is 0.781. The molecule has 0 unspecified atom stereocenters. The number of aryl methyl sites for hydroxylation is 2. The smallest absolute Gasteiger partial charge is 0.254 e. The highest BCUT2D eigenvalue weighted by atomic mass is 19.1. The van der Waals surface area contributed by atoms with Crippen LogP contribution in [0, 0.1) is 12.7 Å². The first-order valence-corrected chi connectivity index (χ1v) is 7.73. The van der Waals surface area contributed by atoms with Gasteiger partial charge >= 0.3 is 0 Å². The molecular formula is C17H17FN4O. The molecule has 0 radical (unpaired) electrons. The van der Waals surface area contributed by atoms with Gasteiger partial charge in [-0.15, -0.1) is 0 Å². The van der Waals surface area contributed by atoms with Crippen molar-refractivity contribution in [2.75, 3.05) is 0 Å². The summed E-state index contributed by atoms with van der Waals surface area (Å²) in [6, 6.07) is 4.66. The van der Waals surface area contributed by atoms with Crippen molar-refractivity contribution in [3.63, 3.8) is 0 Å². The Balaban J connectivity index is 1.71. The molecule has 2 N–H and O–H groups in total. The third-order valence-electron chi connectivity index (χ3n) is 4.51. The number of imidazole rings is 1. The third-order valence-corrected chi connectivity index (χ3v) is 4.51. The van der Waals surface area contributed by atoms with E-state index in [4.69, 9.17) is 0 Å². The Morgan fingerprint density at radius 3 is 3.13 bits per heavy atom. The standard InChI is InChI=1S/C17H17FN4O/c1-10-13(21-9-20-10)8-19-17(23)16-12-7-11(18)4-5-14(12)22-6-2-3-15(16)22/h4-5,7,9H,2-3,6,8H2,1H3,(H,19,23)(H,20,21). The minimum absolute atomic E-state index is 0.168. The van der Waals surface area contributed by atoms with Gasteiger partial charge < -0.3 is 14.9 Å². The van der Waals surface area contributed by atoms with Gasteiger partial charge in [-0.3, -0.25) is 4.79 Å². The first-order chi connectivity index (χ1) is 11.1. The largest absolute Gasteiger partial charge is 0.348 e. The van der Waals surface area contributed by atoms with E-state index in [1.165, 1.54) is 12.1 Å². The molecule has 2 aromatic heterocycles. The van der Waals surface area contributed by atoms with E-state index in [2.05, 4.69) is 19.9 Å². The first-order valence-electron chi connectivity index (χ1n) is 7.73. The van der Waals surface area contributed by atoms with E-state index >= 15 is 0 Å². The van der Waals surface area contributed by atoms with Crippen LogP contribution in [0.4, 0.5) is 4.39 Å². The number of amides is 1. The Hall–Kier alpha value is -2.63. The van der Waals surface area contributed by atoms with Crippen LogP contribution in [0.5, 0.6) is 0 Å². The van der Waals surface area contributed by atoms with Crippen molar-refractivity contribution >= 4 is 16.8 Å². The second kappa shape index (κ2) is 5.22. The number of nitrogens with one attached hydrogen (secondary N) is 2. The maximum absolute atomic E-state index is 13.6. The molecule has 4 rings (SSSR count). The minimum atomic E-state index is -0.320. The Labute approximate surface area is 132 Å². The summed E-state index contributed by atoms with van der Waals surface area (Å²) in [5.41, 5.74) is 4.28. The fourth-order valence-corrected chi connectivity index (χ4v) is 3.37. The number of aromatic nitrogens is 3. The summed E-state index contributed by atoms with van der Waals surface area (Å²) in [7, 11) is 0. The van der Waals surface area contributed by atoms with Crippen molar-refractivity contribution in [1.82, 2.24) is 19.9 Å². The number of hydrogen-bond acceptors (Lipinski definition) is 2. The molecule has 0 aliphatic carbocycles. The average molecular weight is 312 g/mol. The normalized spacial score (nSPS) is 13.5. The van der Waals surface area contributed by atoms with Crippen LogP contribution in [0.1, 0.15) is 33.9 Å². The summed E-state index contributed by atoms with van der Waals surface area (Å²) in [5.74, 6) is -0.488. The molecule has 1 aliphatic heterocycles. The van der Waals surface area contributed by atoms with Crippen molar-refractivity contribution < 1.29 is 9.18 Å². The number of carbonyl (C=O) groups is 1. The number of benzene rings is 1. The highest BCUT2D eigenvalue weighted by Gasteiger charge is 2.25. The third kappa shape index (κ3) is 2.21. The fraction of sp³-hybridized carbons (Fsp3) is 0.294. The summed E-state index contributed by atoms with van der Waals surface area (Å²) in [4.78, 5) is 19.9. The number of aromatic amines is 1. The average Bonchev–Trinajstić information content (AvgIpc) is 3.20. The molecule has 1 aromatic carbocycles. The van der Waals surface area contributed by atoms with Gasteiger partial charge in [0.15, 0.2) is 0 Å². The van der Waals surface area contributed by atoms with Gasteiger partial charge in [-0.2, -0.15) is 0 Å². The SMILES string of the molecule is Cc1[nH]cnc1CNC(=O)c1c2n(c3ccc(F)cc13)CCC2. The number of rotatable bonds is 3. The van der Waals surface area contributed by atoms with E-state index in [1.54, 1.807) is 12.4 Å². The zero-order chi connectivity index (χ0) is 16.0. The molecule has 23 heavy (non-hydrogen) atoms. The maximum Gasteiger partial charge on any atom is 0.254 e. The van der Waals surface area contributed by atoms with Crippen molar-refractivity contribution in [3.05, 3.63) is 53.0 Å². The number of fused-ring (bicyclic) bond motifs is 3. The molecule has 0 fully saturated rings. The summed E-state index contributed by atoms with van der Waals surface area (Å²) >= 11 is 0. The molecule has 6 heteroatoms. The summed E-state index contributed by atoms with van der Waals surface area (Å²) in [6.45, 7) is 3.15. The zero-order valence-electron chi connectivity index (χ0n) is 12.8. The molecule has 3 heterocycles. The molecular weight excluding hydrogens is 295 g/mol. The predicted molar refractivity (Wildman–Crippen MR) is 84.7 cm³/mol. The maximum atomic E-state index is 13.6. The van der Waals surface area contributed by atoms with E-state index < -0.39 is 0 Å². The Morgan fingerprint density at radius 2 is 2.35 bits per heavy atom. The lowest BCUT2D eigenvalue weighted by Gasteiger charge is -2.05. The lowest BCUT2D eigenvalue weighted by Crippen LogP contribution is -2.24. The fourth-order valence-electron chi connectivity index (χ4n) is 3.37. The van der Waals surface area contributed by atoms with Crippen molar-refractivity contribution in [3.8, 4) is 0 Å². The van der Waals surface area contributed by atoms with Gasteiger partial charge in [-0.1, -0.05) is 0 Å². The van der Waals surface area contributed by atoms with Crippen LogP contribution in [0.2, 0.25) is 0 Å². The highest BCUT2D eigenvalue weighted by Crippen LogP contribution is 2.32. The van der Waals surface area contributed by atoms with Crippen LogP contribution >= 0.6 is 0 Å². The van der Waals surface area contributed by atoms with Crippen LogP contribution < -0.4 is 5.32 Å². The first kappa shape index (κ1) is 14.0. The topological polar surface area (TPSA) is 62.7 Å². The predicted octanol–water partition coefficient (Wildman–Crippen LogP) is 2.69. The van der Waals surface area contributed by atoms with Crippen molar-refractivity contribution in [2.45, 2.75) is 32.9 Å². The molecule has 1 aliphatic rings. The molecule has 118 valence electrons. The number of nitrogens with zero attached hydrogens (tertiary/aromatic N) is 2. The molecule has 0 saturated carbocycles. The summed E-state index contributed by atoms with van der Waals surface area (Å²) < 4.78 is 15.8. The van der Waals surface area contributed by atoms with Crippen LogP contribution in [0.3, 0.4) is 0 Å². The van der Waals surface area contributed by atoms with E-state index in [-0.39, 0.29) is 11.7 Å². The second-order valence-electron chi connectivity index (χ2n) is 5.90. The van der Waals surface area contributed by atoms with Gasteiger partial charge in [0, 0.05) is 28.8 Å². The summed E-state index contributed by atoms with van der Waals surface area (Å²) in [5, 5.41) is 3.60. The van der Waals surface area contributed by atoms with Crippen LogP contribution in [-0.2, 0) is 19.5 Å². The minimum Gasteiger partial charge on any atom is -0.348 e. The monoisotopic (exact) mass is 312 g/mol. The van der Waals surface area contributed by atoms with E-state index in [1.807, 2.05) is 6.92 Å². The second-order valence-corrected chi connectivity index (χ2v) is 5.90. The van der Waals surface area contributed by atoms with Crippen LogP contribution in [0.25, 0.3) is 10.9 Å². The Bertz CT molecular complexity index is 909. The van der Waals surface area contributed by atoms with Gasteiger partial charge in [-0.05, 0) is 38.0 Å². The van der Waals surface area contributed by atoms with Crippen LogP contribution in [-0.4, -0.2) is 20.4 Å². The molecule has 5 nitrogen and oxygen atoms in total. The number of carbonyl (C=O) groups excluding carboxylic acids is 1. The molecule has 1 amide bonds. The van der Waals surface area contributed by atoms with Crippen molar-refractivity contribution in [2.24, 2.45) is 0 Å². The molecule has 3 aromatic rings. The molecule has 0 saturated heterocycles. The number of H-pyrrole nitrogens is 1. The lowest BCUT2D eigenvalue weighted by molar-refractivity contribution is 0.0951. The Morgan fingerprint density at radius 1 is 1.48 bits per heavy atom. The van der Waals surface area contributed by atoms with Gasteiger partial charge in [0.05, 0.1) is 24.1 Å². The van der Waals surface area contributed by atoms with E-state index in [0.29, 0.717) is 17.5 Å². The lowest BCUT2D eigenvalue weighted by atomic mass is 10.1. The van der Waals surface area contributed by atoms with Crippen LogP contribution in [0.15, 0.2) is 24.5 Å². The van der Waals surface area contributed by atoms with Gasteiger partial charge in [0.1, 0.15) is 5.82 Å². The highest BCUT2D eigenvalue weighted by molar-refractivity contribution is 6.08.